The maximum Gasteiger partial charge on any atom is 0.0781 e. The normalized spacial score (nSPS) is 14.4. The van der Waals surface area contributed by atoms with Crippen molar-refractivity contribution in [2.24, 2.45) is 0 Å². The molecule has 21 heavy (non-hydrogen) atoms. The minimum absolute atomic E-state index is 0.126. The predicted molar refractivity (Wildman–Crippen MR) is 88.9 cm³/mol. The summed E-state index contributed by atoms with van der Waals surface area (Å²) in [6, 6.07) is 9.08. The fourth-order valence-corrected chi connectivity index (χ4v) is 2.23. The van der Waals surface area contributed by atoms with Crippen molar-refractivity contribution in [3.8, 4) is 0 Å². The molecule has 0 amide bonds. The molecule has 0 saturated heterocycles. The monoisotopic (exact) mass is 293 g/mol. The number of hydrogen-bond donors (Lipinski definition) is 1. The Morgan fingerprint density at radius 1 is 0.952 bits per heavy atom. The summed E-state index contributed by atoms with van der Waals surface area (Å²) in [5, 5.41) is 3.49. The zero-order chi connectivity index (χ0) is 15.7. The molecule has 0 aromatic heterocycles. The number of rotatable bonds is 10. The van der Waals surface area contributed by atoms with Gasteiger partial charge in [-0.1, -0.05) is 45.0 Å². The molecule has 3 nitrogen and oxygen atoms in total. The summed E-state index contributed by atoms with van der Waals surface area (Å²) in [6.07, 6.45) is 0.126. The van der Waals surface area contributed by atoms with E-state index in [0.29, 0.717) is 19.1 Å². The molecule has 0 aliphatic rings. The van der Waals surface area contributed by atoms with Gasteiger partial charge >= 0.3 is 0 Å². The second kappa shape index (κ2) is 9.93. The molecule has 1 rings (SSSR count). The smallest absolute Gasteiger partial charge is 0.0781 e. The average molecular weight is 293 g/mol. The van der Waals surface area contributed by atoms with E-state index in [-0.39, 0.29) is 12.1 Å². The molecule has 3 heteroatoms. The van der Waals surface area contributed by atoms with E-state index in [4.69, 9.17) is 9.47 Å². The van der Waals surface area contributed by atoms with Crippen LogP contribution in [0.2, 0.25) is 0 Å². The Bertz CT molecular complexity index is 375. The van der Waals surface area contributed by atoms with Crippen LogP contribution in [-0.2, 0) is 9.47 Å². The molecule has 2 unspecified atom stereocenters. The molecule has 0 fully saturated rings. The minimum atomic E-state index is 0.126. The highest BCUT2D eigenvalue weighted by atomic mass is 16.5. The van der Waals surface area contributed by atoms with Gasteiger partial charge in [0.2, 0.25) is 0 Å². The summed E-state index contributed by atoms with van der Waals surface area (Å²) in [5.41, 5.74) is 2.66. The van der Waals surface area contributed by atoms with Crippen LogP contribution in [0.15, 0.2) is 24.3 Å². The summed E-state index contributed by atoms with van der Waals surface area (Å²) >= 11 is 0. The highest BCUT2D eigenvalue weighted by molar-refractivity contribution is 5.27. The van der Waals surface area contributed by atoms with Gasteiger partial charge in [0.05, 0.1) is 25.4 Å². The largest absolute Gasteiger partial charge is 0.379 e. The van der Waals surface area contributed by atoms with Crippen molar-refractivity contribution in [3.63, 3.8) is 0 Å². The van der Waals surface area contributed by atoms with E-state index in [1.807, 2.05) is 6.92 Å². The van der Waals surface area contributed by atoms with Crippen LogP contribution in [0.3, 0.4) is 0 Å². The van der Waals surface area contributed by atoms with Crippen molar-refractivity contribution in [3.05, 3.63) is 35.4 Å². The Hall–Kier alpha value is -0.900. The van der Waals surface area contributed by atoms with Gasteiger partial charge < -0.3 is 14.8 Å². The maximum atomic E-state index is 5.90. The van der Waals surface area contributed by atoms with E-state index in [0.717, 1.165) is 13.2 Å². The van der Waals surface area contributed by atoms with Gasteiger partial charge in [0.15, 0.2) is 0 Å². The molecule has 2 atom stereocenters. The van der Waals surface area contributed by atoms with Crippen molar-refractivity contribution in [1.29, 1.82) is 0 Å². The summed E-state index contributed by atoms with van der Waals surface area (Å²) in [4.78, 5) is 0. The van der Waals surface area contributed by atoms with Crippen molar-refractivity contribution < 1.29 is 9.47 Å². The van der Waals surface area contributed by atoms with E-state index < -0.39 is 0 Å². The lowest BCUT2D eigenvalue weighted by Gasteiger charge is -2.22. The standard InChI is InChI=1S/C18H31NO2/c1-6-19-18(13-21-15(5)12-20-7-2)17-10-8-16(9-11-17)14(3)4/h8-11,14-15,18-19H,6-7,12-13H2,1-5H3. The first-order valence-electron chi connectivity index (χ1n) is 8.11. The van der Waals surface area contributed by atoms with Gasteiger partial charge in [-0.05, 0) is 37.4 Å². The average Bonchev–Trinajstić information content (AvgIpc) is 2.49. The van der Waals surface area contributed by atoms with Gasteiger partial charge in [-0.15, -0.1) is 0 Å². The van der Waals surface area contributed by atoms with Gasteiger partial charge in [0.25, 0.3) is 0 Å². The van der Waals surface area contributed by atoms with Crippen LogP contribution in [0.1, 0.15) is 57.7 Å². The number of benzene rings is 1. The molecule has 1 aromatic rings. The summed E-state index contributed by atoms with van der Waals surface area (Å²) < 4.78 is 11.3. The molecule has 120 valence electrons. The number of hydrogen-bond acceptors (Lipinski definition) is 3. The third-order valence-corrected chi connectivity index (χ3v) is 3.56. The molecule has 1 aromatic carbocycles. The van der Waals surface area contributed by atoms with Gasteiger partial charge in [-0.25, -0.2) is 0 Å². The minimum Gasteiger partial charge on any atom is -0.379 e. The summed E-state index contributed by atoms with van der Waals surface area (Å²) in [6.45, 7) is 13.6. The van der Waals surface area contributed by atoms with Crippen LogP contribution >= 0.6 is 0 Å². The molecule has 0 heterocycles. The van der Waals surface area contributed by atoms with Gasteiger partial charge in [0.1, 0.15) is 0 Å². The quantitative estimate of drug-likeness (QED) is 0.709. The Balaban J connectivity index is 2.59. The lowest BCUT2D eigenvalue weighted by molar-refractivity contribution is -0.0115. The predicted octanol–water partition coefficient (Wildman–Crippen LogP) is 3.90. The van der Waals surface area contributed by atoms with E-state index in [1.54, 1.807) is 0 Å². The molecule has 1 N–H and O–H groups in total. The maximum absolute atomic E-state index is 5.90. The van der Waals surface area contributed by atoms with E-state index in [9.17, 15) is 0 Å². The second-order valence-electron chi connectivity index (χ2n) is 5.74. The first kappa shape index (κ1) is 18.1. The zero-order valence-corrected chi connectivity index (χ0v) is 14.2. The first-order valence-corrected chi connectivity index (χ1v) is 8.11. The second-order valence-corrected chi connectivity index (χ2v) is 5.74. The molecular formula is C18H31NO2. The first-order chi connectivity index (χ1) is 10.1. The van der Waals surface area contributed by atoms with Crippen molar-refractivity contribution in [2.45, 2.75) is 52.7 Å². The molecule has 0 radical (unpaired) electrons. The van der Waals surface area contributed by atoms with Gasteiger partial charge in [-0.3, -0.25) is 0 Å². The Kier molecular flexibility index (Phi) is 8.58. The Labute approximate surface area is 130 Å². The van der Waals surface area contributed by atoms with E-state index in [2.05, 4.69) is 57.3 Å². The highest BCUT2D eigenvalue weighted by Crippen LogP contribution is 2.19. The van der Waals surface area contributed by atoms with Crippen LogP contribution in [0.4, 0.5) is 0 Å². The van der Waals surface area contributed by atoms with Crippen LogP contribution in [0, 0.1) is 0 Å². The lowest BCUT2D eigenvalue weighted by atomic mass is 9.99. The SMILES string of the molecule is CCNC(COC(C)COCC)c1ccc(C(C)C)cc1. The van der Waals surface area contributed by atoms with Crippen LogP contribution in [0.5, 0.6) is 0 Å². The lowest BCUT2D eigenvalue weighted by Crippen LogP contribution is -2.28. The van der Waals surface area contributed by atoms with Gasteiger partial charge in [0, 0.05) is 6.61 Å². The number of nitrogens with one attached hydrogen (secondary N) is 1. The van der Waals surface area contributed by atoms with Crippen LogP contribution < -0.4 is 5.32 Å². The molecule has 0 aliphatic carbocycles. The van der Waals surface area contributed by atoms with Crippen LogP contribution in [0.25, 0.3) is 0 Å². The number of likely N-dealkylation sites (N-methyl/N-ethyl adjacent to an activating group) is 1. The Morgan fingerprint density at radius 2 is 1.57 bits per heavy atom. The van der Waals surface area contributed by atoms with E-state index >= 15 is 0 Å². The van der Waals surface area contributed by atoms with Crippen LogP contribution in [-0.4, -0.2) is 32.5 Å². The number of ether oxygens (including phenoxy) is 2. The highest BCUT2D eigenvalue weighted by Gasteiger charge is 2.13. The summed E-state index contributed by atoms with van der Waals surface area (Å²) in [5.74, 6) is 0.569. The fourth-order valence-electron chi connectivity index (χ4n) is 2.23. The molecule has 0 aliphatic heterocycles. The van der Waals surface area contributed by atoms with Crippen molar-refractivity contribution in [2.75, 3.05) is 26.4 Å². The Morgan fingerprint density at radius 3 is 2.10 bits per heavy atom. The van der Waals surface area contributed by atoms with E-state index in [1.165, 1.54) is 11.1 Å². The third-order valence-electron chi connectivity index (χ3n) is 3.56. The molecule has 0 spiro atoms. The molecular weight excluding hydrogens is 262 g/mol. The summed E-state index contributed by atoms with van der Waals surface area (Å²) in [7, 11) is 0. The third kappa shape index (κ3) is 6.60. The topological polar surface area (TPSA) is 30.5 Å². The van der Waals surface area contributed by atoms with Gasteiger partial charge in [-0.2, -0.15) is 0 Å². The zero-order valence-electron chi connectivity index (χ0n) is 14.2. The molecule has 0 bridgehead atoms. The van der Waals surface area contributed by atoms with Crippen molar-refractivity contribution >= 4 is 0 Å². The fraction of sp³-hybridized carbons (Fsp3) is 0.667. The molecule has 0 saturated carbocycles. The van der Waals surface area contributed by atoms with Crippen molar-refractivity contribution in [1.82, 2.24) is 5.32 Å².